The van der Waals surface area contributed by atoms with E-state index in [2.05, 4.69) is 14.8 Å². The third-order valence-electron chi connectivity index (χ3n) is 1.05. The summed E-state index contributed by atoms with van der Waals surface area (Å²) < 4.78 is 21.5. The molecule has 0 saturated carbocycles. The highest BCUT2D eigenvalue weighted by molar-refractivity contribution is 9.47. The Morgan fingerprint density at radius 1 is 1.33 bits per heavy atom. The van der Waals surface area contributed by atoms with E-state index in [9.17, 15) is 18.0 Å². The number of rotatable bonds is 1. The van der Waals surface area contributed by atoms with E-state index >= 15 is 0 Å². The third-order valence-corrected chi connectivity index (χ3v) is 2.92. The molecule has 1 heterocycles. The van der Waals surface area contributed by atoms with Gasteiger partial charge in [-0.25, -0.2) is 13.2 Å². The number of aromatic amines is 2. The van der Waals surface area contributed by atoms with Crippen molar-refractivity contribution in [1.82, 2.24) is 9.97 Å². The lowest BCUT2D eigenvalue weighted by Crippen LogP contribution is -2.25. The van der Waals surface area contributed by atoms with E-state index in [1.54, 1.807) is 4.98 Å². The monoisotopic (exact) mass is 254 g/mol. The standard InChI is InChI=1S/C4H3BrN2O4S/c5-12(10,11)2-1-6-4(9)7-3(2)8/h1H,(H2,6,7,8,9). The molecular weight excluding hydrogens is 252 g/mol. The van der Waals surface area contributed by atoms with Crippen molar-refractivity contribution in [3.8, 4) is 0 Å². The topological polar surface area (TPSA) is 99.9 Å². The zero-order chi connectivity index (χ0) is 9.35. The summed E-state index contributed by atoms with van der Waals surface area (Å²) in [5, 5.41) is 0. The van der Waals surface area contributed by atoms with Crippen LogP contribution in [0.4, 0.5) is 0 Å². The Morgan fingerprint density at radius 3 is 2.33 bits per heavy atom. The molecule has 1 rings (SSSR count). The minimum absolute atomic E-state index is 0.526. The van der Waals surface area contributed by atoms with Crippen molar-refractivity contribution in [2.45, 2.75) is 4.90 Å². The van der Waals surface area contributed by atoms with Gasteiger partial charge in [0.15, 0.2) is 4.90 Å². The maximum absolute atomic E-state index is 10.8. The van der Waals surface area contributed by atoms with Gasteiger partial charge in [-0.3, -0.25) is 9.78 Å². The second kappa shape index (κ2) is 2.87. The highest BCUT2D eigenvalue weighted by Crippen LogP contribution is 2.08. The third kappa shape index (κ3) is 1.83. The van der Waals surface area contributed by atoms with Gasteiger partial charge in [-0.15, -0.1) is 0 Å². The van der Waals surface area contributed by atoms with Crippen LogP contribution in [-0.4, -0.2) is 18.4 Å². The lowest BCUT2D eigenvalue weighted by molar-refractivity contribution is 0.609. The van der Waals surface area contributed by atoms with Crippen LogP contribution in [-0.2, 0) is 8.27 Å². The normalized spacial score (nSPS) is 11.4. The molecule has 0 saturated heterocycles. The molecule has 0 fully saturated rings. The highest BCUT2D eigenvalue weighted by atomic mass is 79.9. The molecule has 0 radical (unpaired) electrons. The molecule has 66 valence electrons. The molecule has 0 spiro atoms. The van der Waals surface area contributed by atoms with Crippen molar-refractivity contribution in [2.24, 2.45) is 0 Å². The molecule has 0 unspecified atom stereocenters. The average molecular weight is 255 g/mol. The van der Waals surface area contributed by atoms with Gasteiger partial charge in [0.05, 0.1) is 14.8 Å². The Hall–Kier alpha value is -0.890. The molecule has 0 aliphatic carbocycles. The summed E-state index contributed by atoms with van der Waals surface area (Å²) in [7, 11) is -3.75. The van der Waals surface area contributed by atoms with Crippen LogP contribution >= 0.6 is 14.8 Å². The van der Waals surface area contributed by atoms with E-state index in [4.69, 9.17) is 0 Å². The van der Waals surface area contributed by atoms with Gasteiger partial charge in [0.25, 0.3) is 5.56 Å². The predicted molar refractivity (Wildman–Crippen MR) is 43.8 cm³/mol. The molecule has 2 N–H and O–H groups in total. The Morgan fingerprint density at radius 2 is 1.92 bits per heavy atom. The maximum atomic E-state index is 10.8. The van der Waals surface area contributed by atoms with Crippen molar-refractivity contribution in [3.63, 3.8) is 0 Å². The van der Waals surface area contributed by atoms with Crippen LogP contribution < -0.4 is 11.2 Å². The summed E-state index contributed by atoms with van der Waals surface area (Å²) in [6, 6.07) is 0. The SMILES string of the molecule is O=c1[nH]cc(S(=O)(=O)Br)c(=O)[nH]1. The Balaban J connectivity index is 3.61. The first-order valence-corrected chi connectivity index (χ1v) is 6.00. The van der Waals surface area contributed by atoms with Gasteiger partial charge in [-0.2, -0.15) is 0 Å². The zero-order valence-electron chi connectivity index (χ0n) is 5.50. The summed E-state index contributed by atoms with van der Waals surface area (Å²) in [5.41, 5.74) is -1.70. The van der Waals surface area contributed by atoms with Crippen LogP contribution in [0.1, 0.15) is 0 Å². The average Bonchev–Trinajstić information content (AvgIpc) is 1.83. The van der Waals surface area contributed by atoms with Crippen molar-refractivity contribution in [3.05, 3.63) is 27.0 Å². The van der Waals surface area contributed by atoms with Crippen molar-refractivity contribution < 1.29 is 8.42 Å². The number of hydrogen-bond donors (Lipinski definition) is 2. The van der Waals surface area contributed by atoms with E-state index < -0.39 is 24.4 Å². The summed E-state index contributed by atoms with van der Waals surface area (Å²) in [5.74, 6) is 0. The fraction of sp³-hybridized carbons (Fsp3) is 0. The molecule has 6 nitrogen and oxygen atoms in total. The zero-order valence-corrected chi connectivity index (χ0v) is 7.90. The largest absolute Gasteiger partial charge is 0.325 e. The van der Waals surface area contributed by atoms with E-state index in [1.165, 1.54) is 0 Å². The van der Waals surface area contributed by atoms with E-state index in [0.29, 0.717) is 0 Å². The Labute approximate surface area is 73.8 Å². The van der Waals surface area contributed by atoms with E-state index in [1.807, 2.05) is 4.98 Å². The van der Waals surface area contributed by atoms with Crippen LogP contribution in [0.5, 0.6) is 0 Å². The van der Waals surface area contributed by atoms with Crippen LogP contribution in [0.25, 0.3) is 0 Å². The fourth-order valence-electron chi connectivity index (χ4n) is 0.579. The number of halogens is 1. The quantitative estimate of drug-likeness (QED) is 0.638. The number of hydrogen-bond acceptors (Lipinski definition) is 4. The highest BCUT2D eigenvalue weighted by Gasteiger charge is 2.13. The van der Waals surface area contributed by atoms with Gasteiger partial charge in [0, 0.05) is 6.20 Å². The predicted octanol–water partition coefficient (Wildman–Crippen LogP) is -0.853. The lowest BCUT2D eigenvalue weighted by Gasteiger charge is -1.91. The lowest BCUT2D eigenvalue weighted by atomic mass is 10.7. The van der Waals surface area contributed by atoms with Crippen LogP contribution in [0.15, 0.2) is 20.7 Å². The molecule has 0 aromatic carbocycles. The fourth-order valence-corrected chi connectivity index (χ4v) is 1.77. The van der Waals surface area contributed by atoms with Crippen molar-refractivity contribution in [1.29, 1.82) is 0 Å². The van der Waals surface area contributed by atoms with Crippen LogP contribution in [0, 0.1) is 0 Å². The minimum Gasteiger partial charge on any atom is -0.313 e. The summed E-state index contributed by atoms with van der Waals surface area (Å²) in [4.78, 5) is 24.5. The van der Waals surface area contributed by atoms with Gasteiger partial charge in [0.2, 0.25) is 8.27 Å². The molecule has 0 bridgehead atoms. The van der Waals surface area contributed by atoms with Crippen LogP contribution in [0.2, 0.25) is 0 Å². The number of nitrogens with one attached hydrogen (secondary N) is 2. The molecule has 1 aromatic heterocycles. The van der Waals surface area contributed by atoms with Gasteiger partial charge in [-0.05, 0) is 0 Å². The molecule has 12 heavy (non-hydrogen) atoms. The first-order chi connectivity index (χ1) is 5.41. The van der Waals surface area contributed by atoms with E-state index in [-0.39, 0.29) is 0 Å². The van der Waals surface area contributed by atoms with Gasteiger partial charge < -0.3 is 4.98 Å². The molecule has 8 heteroatoms. The van der Waals surface area contributed by atoms with Gasteiger partial charge >= 0.3 is 5.69 Å². The molecule has 1 aromatic rings. The first kappa shape index (κ1) is 9.20. The summed E-state index contributed by atoms with van der Waals surface area (Å²) in [6.07, 6.45) is 0.825. The second-order valence-corrected chi connectivity index (χ2v) is 5.75. The summed E-state index contributed by atoms with van der Waals surface area (Å²) >= 11 is 2.29. The maximum Gasteiger partial charge on any atom is 0.325 e. The Bertz CT molecular complexity index is 498. The first-order valence-electron chi connectivity index (χ1n) is 2.68. The molecular formula is C4H3BrN2O4S. The van der Waals surface area contributed by atoms with Crippen LogP contribution in [0.3, 0.4) is 0 Å². The smallest absolute Gasteiger partial charge is 0.313 e. The van der Waals surface area contributed by atoms with Crippen molar-refractivity contribution in [2.75, 3.05) is 0 Å². The second-order valence-electron chi connectivity index (χ2n) is 1.87. The molecule has 0 aliphatic rings. The van der Waals surface area contributed by atoms with E-state index in [0.717, 1.165) is 6.20 Å². The van der Waals surface area contributed by atoms with Gasteiger partial charge in [0.1, 0.15) is 0 Å². The van der Waals surface area contributed by atoms with Gasteiger partial charge in [-0.1, -0.05) is 0 Å². The number of H-pyrrole nitrogens is 2. The van der Waals surface area contributed by atoms with Crippen molar-refractivity contribution >= 4 is 23.1 Å². The minimum atomic E-state index is -3.75. The molecule has 0 amide bonds. The number of aromatic nitrogens is 2. The molecule has 0 atom stereocenters. The molecule has 0 aliphatic heterocycles. The Kier molecular flexibility index (Phi) is 2.20. The summed E-state index contributed by atoms with van der Waals surface area (Å²) in [6.45, 7) is 0.